The Balaban J connectivity index is 1.99. The van der Waals surface area contributed by atoms with E-state index in [4.69, 9.17) is 10.5 Å². The molecule has 2 rings (SSSR count). The molecule has 1 aliphatic rings. The predicted octanol–water partition coefficient (Wildman–Crippen LogP) is 0.824. The second-order valence-corrected chi connectivity index (χ2v) is 5.23. The van der Waals surface area contributed by atoms with Crippen LogP contribution in [-0.4, -0.2) is 36.6 Å². The van der Waals surface area contributed by atoms with E-state index in [2.05, 4.69) is 0 Å². The first-order valence-electron chi connectivity index (χ1n) is 5.26. The molecule has 2 heterocycles. The largest absolute Gasteiger partial charge is 0.379 e. The lowest BCUT2D eigenvalue weighted by Gasteiger charge is -2.27. The van der Waals surface area contributed by atoms with Gasteiger partial charge in [0.05, 0.1) is 13.2 Å². The van der Waals surface area contributed by atoms with Gasteiger partial charge in [0, 0.05) is 18.5 Å². The van der Waals surface area contributed by atoms with Gasteiger partial charge in [0.25, 0.3) is 0 Å². The third kappa shape index (κ3) is 2.26. The second kappa shape index (κ2) is 4.53. The summed E-state index contributed by atoms with van der Waals surface area (Å²) < 4.78 is 5.20. The normalized spacial score (nSPS) is 24.6. The lowest BCUT2D eigenvalue weighted by Crippen LogP contribution is -2.54. The standard InChI is InChI=1S/C11H16N2O2S/c1-13(7-9-3-2-6-16-9)10(14)11(12)4-5-15-8-11/h2-3,6H,4-5,7-8,12H2,1H3. The molecule has 1 aliphatic heterocycles. The summed E-state index contributed by atoms with van der Waals surface area (Å²) in [5.41, 5.74) is 5.21. The Labute approximate surface area is 99.0 Å². The molecule has 0 saturated carbocycles. The monoisotopic (exact) mass is 240 g/mol. The minimum absolute atomic E-state index is 0.0293. The highest BCUT2D eigenvalue weighted by atomic mass is 32.1. The van der Waals surface area contributed by atoms with E-state index in [0.29, 0.717) is 26.2 Å². The van der Waals surface area contributed by atoms with Gasteiger partial charge in [0.1, 0.15) is 5.54 Å². The average Bonchev–Trinajstić information content (AvgIpc) is 2.89. The highest BCUT2D eigenvalue weighted by molar-refractivity contribution is 7.09. The Morgan fingerprint density at radius 3 is 3.12 bits per heavy atom. The van der Waals surface area contributed by atoms with Gasteiger partial charge in [0.2, 0.25) is 5.91 Å². The molecule has 0 radical (unpaired) electrons. The van der Waals surface area contributed by atoms with Crippen molar-refractivity contribution in [3.63, 3.8) is 0 Å². The minimum Gasteiger partial charge on any atom is -0.379 e. The topological polar surface area (TPSA) is 55.6 Å². The first kappa shape index (κ1) is 11.6. The van der Waals surface area contributed by atoms with Crippen molar-refractivity contribution in [2.24, 2.45) is 5.73 Å². The number of carbonyl (C=O) groups excluding carboxylic acids is 1. The lowest BCUT2D eigenvalue weighted by atomic mass is 9.98. The molecule has 1 amide bonds. The molecular weight excluding hydrogens is 224 g/mol. The van der Waals surface area contributed by atoms with Gasteiger partial charge >= 0.3 is 0 Å². The van der Waals surface area contributed by atoms with Crippen LogP contribution in [-0.2, 0) is 16.1 Å². The van der Waals surface area contributed by atoms with Gasteiger partial charge in [-0.2, -0.15) is 0 Å². The third-order valence-corrected chi connectivity index (χ3v) is 3.66. The van der Waals surface area contributed by atoms with Crippen LogP contribution in [0.3, 0.4) is 0 Å². The van der Waals surface area contributed by atoms with E-state index in [1.54, 1.807) is 23.3 Å². The summed E-state index contributed by atoms with van der Waals surface area (Å²) in [6.45, 7) is 1.53. The van der Waals surface area contributed by atoms with Crippen molar-refractivity contribution in [2.45, 2.75) is 18.5 Å². The van der Waals surface area contributed by atoms with E-state index < -0.39 is 5.54 Å². The summed E-state index contributed by atoms with van der Waals surface area (Å²) in [7, 11) is 1.79. The van der Waals surface area contributed by atoms with Crippen molar-refractivity contribution in [3.8, 4) is 0 Å². The average molecular weight is 240 g/mol. The summed E-state index contributed by atoms with van der Waals surface area (Å²) in [6, 6.07) is 4.00. The van der Waals surface area contributed by atoms with Crippen LogP contribution in [0.25, 0.3) is 0 Å². The minimum atomic E-state index is -0.813. The molecule has 88 valence electrons. The van der Waals surface area contributed by atoms with Gasteiger partial charge in [-0.05, 0) is 17.9 Å². The van der Waals surface area contributed by atoms with Crippen LogP contribution in [0.1, 0.15) is 11.3 Å². The second-order valence-electron chi connectivity index (χ2n) is 4.20. The Morgan fingerprint density at radius 1 is 1.75 bits per heavy atom. The molecule has 1 atom stereocenters. The molecule has 1 saturated heterocycles. The Bertz CT molecular complexity index is 358. The number of hydrogen-bond acceptors (Lipinski definition) is 4. The van der Waals surface area contributed by atoms with Crippen LogP contribution in [0.15, 0.2) is 17.5 Å². The zero-order valence-electron chi connectivity index (χ0n) is 9.31. The number of nitrogens with zero attached hydrogens (tertiary/aromatic N) is 1. The van der Waals surface area contributed by atoms with Gasteiger partial charge < -0.3 is 15.4 Å². The van der Waals surface area contributed by atoms with Gasteiger partial charge in [-0.1, -0.05) is 6.07 Å². The van der Waals surface area contributed by atoms with Crippen molar-refractivity contribution >= 4 is 17.2 Å². The SMILES string of the molecule is CN(Cc1cccs1)C(=O)C1(N)CCOC1. The summed E-state index contributed by atoms with van der Waals surface area (Å²) >= 11 is 1.64. The number of likely N-dealkylation sites (N-methyl/N-ethyl adjacent to an activating group) is 1. The number of carbonyl (C=O) groups is 1. The molecule has 16 heavy (non-hydrogen) atoms. The van der Waals surface area contributed by atoms with E-state index in [0.717, 1.165) is 0 Å². The molecule has 0 aromatic carbocycles. The fourth-order valence-corrected chi connectivity index (χ4v) is 2.59. The molecule has 2 N–H and O–H groups in total. The van der Waals surface area contributed by atoms with Gasteiger partial charge in [-0.25, -0.2) is 0 Å². The van der Waals surface area contributed by atoms with E-state index in [-0.39, 0.29) is 5.91 Å². The molecule has 0 bridgehead atoms. The summed E-state index contributed by atoms with van der Waals surface area (Å²) in [5, 5.41) is 2.00. The molecule has 1 fully saturated rings. The van der Waals surface area contributed by atoms with Gasteiger partial charge in [-0.3, -0.25) is 4.79 Å². The molecule has 1 aromatic heterocycles. The molecule has 1 aromatic rings. The summed E-state index contributed by atoms with van der Waals surface area (Å²) in [5.74, 6) is -0.0293. The number of nitrogens with two attached hydrogens (primary N) is 1. The lowest BCUT2D eigenvalue weighted by molar-refractivity contribution is -0.136. The summed E-state index contributed by atoms with van der Waals surface area (Å²) in [4.78, 5) is 15.0. The van der Waals surface area contributed by atoms with Crippen LogP contribution >= 0.6 is 11.3 Å². The number of rotatable bonds is 3. The van der Waals surface area contributed by atoms with Crippen LogP contribution in [0.4, 0.5) is 0 Å². The van der Waals surface area contributed by atoms with E-state index in [9.17, 15) is 4.79 Å². The maximum atomic E-state index is 12.1. The highest BCUT2D eigenvalue weighted by Gasteiger charge is 2.40. The maximum absolute atomic E-state index is 12.1. The van der Waals surface area contributed by atoms with E-state index in [1.165, 1.54) is 4.88 Å². The van der Waals surface area contributed by atoms with Crippen LogP contribution < -0.4 is 5.73 Å². The van der Waals surface area contributed by atoms with Crippen LogP contribution in [0, 0.1) is 0 Å². The first-order valence-corrected chi connectivity index (χ1v) is 6.14. The zero-order chi connectivity index (χ0) is 11.6. The van der Waals surface area contributed by atoms with Crippen molar-refractivity contribution in [2.75, 3.05) is 20.3 Å². The fourth-order valence-electron chi connectivity index (χ4n) is 1.84. The Morgan fingerprint density at radius 2 is 2.56 bits per heavy atom. The van der Waals surface area contributed by atoms with Crippen molar-refractivity contribution in [1.82, 2.24) is 4.90 Å². The van der Waals surface area contributed by atoms with Crippen molar-refractivity contribution in [1.29, 1.82) is 0 Å². The van der Waals surface area contributed by atoms with E-state index >= 15 is 0 Å². The fraction of sp³-hybridized carbons (Fsp3) is 0.545. The number of thiophene rings is 1. The molecule has 4 nitrogen and oxygen atoms in total. The molecular formula is C11H16N2O2S. The number of ether oxygens (including phenoxy) is 1. The summed E-state index contributed by atoms with van der Waals surface area (Å²) in [6.07, 6.45) is 0.612. The Hall–Kier alpha value is -0.910. The molecule has 1 unspecified atom stereocenters. The molecule has 5 heteroatoms. The Kier molecular flexibility index (Phi) is 3.28. The van der Waals surface area contributed by atoms with Crippen LogP contribution in [0.2, 0.25) is 0 Å². The van der Waals surface area contributed by atoms with E-state index in [1.807, 2.05) is 17.5 Å². The number of hydrogen-bond donors (Lipinski definition) is 1. The van der Waals surface area contributed by atoms with Gasteiger partial charge in [0.15, 0.2) is 0 Å². The number of amides is 1. The smallest absolute Gasteiger partial charge is 0.245 e. The van der Waals surface area contributed by atoms with Gasteiger partial charge in [-0.15, -0.1) is 11.3 Å². The maximum Gasteiger partial charge on any atom is 0.245 e. The quantitative estimate of drug-likeness (QED) is 0.851. The molecule has 0 aliphatic carbocycles. The zero-order valence-corrected chi connectivity index (χ0v) is 10.1. The highest BCUT2D eigenvalue weighted by Crippen LogP contribution is 2.20. The molecule has 0 spiro atoms. The predicted molar refractivity (Wildman–Crippen MR) is 63.1 cm³/mol. The first-order chi connectivity index (χ1) is 7.62. The van der Waals surface area contributed by atoms with Crippen molar-refractivity contribution in [3.05, 3.63) is 22.4 Å². The van der Waals surface area contributed by atoms with Crippen LogP contribution in [0.5, 0.6) is 0 Å². The third-order valence-electron chi connectivity index (χ3n) is 2.80. The van der Waals surface area contributed by atoms with Crippen molar-refractivity contribution < 1.29 is 9.53 Å².